The summed E-state index contributed by atoms with van der Waals surface area (Å²) in [6.45, 7) is 1.91. The minimum absolute atomic E-state index is 0.0620. The van der Waals surface area contributed by atoms with Crippen molar-refractivity contribution < 1.29 is 9.18 Å². The molecule has 1 unspecified atom stereocenters. The van der Waals surface area contributed by atoms with Gasteiger partial charge in [0, 0.05) is 23.4 Å². The molecule has 1 aliphatic carbocycles. The molecule has 1 aromatic heterocycles. The summed E-state index contributed by atoms with van der Waals surface area (Å²) in [6.07, 6.45) is 6.52. The van der Waals surface area contributed by atoms with Crippen LogP contribution < -0.4 is 11.1 Å². The number of benzene rings is 1. The fraction of sp³-hybridized carbons (Fsp3) is 0.286. The number of fused-ring (bicyclic) bond motifs is 1. The molecule has 2 aromatic rings. The number of allylic oxidation sites excluding steroid dienone is 1. The first-order chi connectivity index (χ1) is 13.9. The number of halogens is 2. The van der Waals surface area contributed by atoms with Crippen molar-refractivity contribution in [2.75, 3.05) is 5.32 Å². The molecule has 0 saturated heterocycles. The van der Waals surface area contributed by atoms with E-state index in [1.54, 1.807) is 12.1 Å². The lowest BCUT2D eigenvalue weighted by Crippen LogP contribution is -2.38. The molecule has 8 heteroatoms. The van der Waals surface area contributed by atoms with Gasteiger partial charge in [-0.05, 0) is 61.4 Å². The minimum Gasteiger partial charge on any atom is -0.378 e. The zero-order valence-electron chi connectivity index (χ0n) is 15.8. The largest absolute Gasteiger partial charge is 0.378 e. The van der Waals surface area contributed by atoms with Gasteiger partial charge < -0.3 is 11.1 Å². The molecule has 0 saturated carbocycles. The Morgan fingerprint density at radius 3 is 2.97 bits per heavy atom. The number of nitrogens with one attached hydrogen (secondary N) is 1. The van der Waals surface area contributed by atoms with Gasteiger partial charge in [-0.15, -0.1) is 0 Å². The van der Waals surface area contributed by atoms with Crippen LogP contribution in [0.5, 0.6) is 0 Å². The van der Waals surface area contributed by atoms with Gasteiger partial charge in [0.05, 0.1) is 10.6 Å². The molecule has 1 aliphatic heterocycles. The van der Waals surface area contributed by atoms with Crippen molar-refractivity contribution in [3.63, 3.8) is 0 Å². The van der Waals surface area contributed by atoms with E-state index < -0.39 is 11.4 Å². The lowest BCUT2D eigenvalue weighted by molar-refractivity contribution is 0.102. The molecule has 1 amide bonds. The van der Waals surface area contributed by atoms with Gasteiger partial charge in [-0.25, -0.2) is 9.37 Å². The maximum atomic E-state index is 14.9. The fourth-order valence-electron chi connectivity index (χ4n) is 3.92. The summed E-state index contributed by atoms with van der Waals surface area (Å²) in [5.41, 5.74) is 6.35. The third-order valence-corrected chi connectivity index (χ3v) is 6.57. The zero-order valence-corrected chi connectivity index (χ0v) is 17.4. The van der Waals surface area contributed by atoms with E-state index in [1.165, 1.54) is 36.2 Å². The van der Waals surface area contributed by atoms with Crippen molar-refractivity contribution in [1.29, 1.82) is 0 Å². The number of hydrogen-bond acceptors (Lipinski definition) is 5. The number of nitrogens with zero attached hydrogens (tertiary/aromatic N) is 2. The molecule has 0 bridgehead atoms. The highest BCUT2D eigenvalue weighted by molar-refractivity contribution is 8.17. The standard InChI is InChI=1S/C21H20ClFN4OS/c1-21(14-4-2-3-5-18(14)29-20(24)27-21)15-10-13(7-8-16(15)23)26-19(28)17-9-6-12(22)11-25-17/h5-11,14H,2-4H2,1H3,(H2,24,27)(H,26,28)/t14?,21-/m0/s1. The summed E-state index contributed by atoms with van der Waals surface area (Å²) in [4.78, 5) is 22.3. The summed E-state index contributed by atoms with van der Waals surface area (Å²) in [5, 5.41) is 3.65. The predicted molar refractivity (Wildman–Crippen MR) is 116 cm³/mol. The van der Waals surface area contributed by atoms with Crippen LogP contribution >= 0.6 is 23.4 Å². The van der Waals surface area contributed by atoms with Gasteiger partial charge >= 0.3 is 0 Å². The van der Waals surface area contributed by atoms with E-state index in [0.29, 0.717) is 21.4 Å². The topological polar surface area (TPSA) is 80.4 Å². The monoisotopic (exact) mass is 430 g/mol. The molecular formula is C21H20ClFN4OS. The van der Waals surface area contributed by atoms with Crippen LogP contribution in [0.3, 0.4) is 0 Å². The number of pyridine rings is 1. The van der Waals surface area contributed by atoms with E-state index in [1.807, 2.05) is 6.92 Å². The van der Waals surface area contributed by atoms with Crippen LogP contribution in [-0.4, -0.2) is 16.1 Å². The maximum Gasteiger partial charge on any atom is 0.274 e. The number of aliphatic imine (C=N–C) groups is 1. The smallest absolute Gasteiger partial charge is 0.274 e. The van der Waals surface area contributed by atoms with Crippen LogP contribution in [0.1, 0.15) is 42.2 Å². The second-order valence-corrected chi connectivity index (χ2v) is 8.83. The minimum atomic E-state index is -0.828. The summed E-state index contributed by atoms with van der Waals surface area (Å²) in [7, 11) is 0. The third kappa shape index (κ3) is 3.89. The summed E-state index contributed by atoms with van der Waals surface area (Å²) >= 11 is 7.28. The van der Waals surface area contributed by atoms with Gasteiger partial charge in [-0.1, -0.05) is 29.4 Å². The van der Waals surface area contributed by atoms with Crippen molar-refractivity contribution >= 4 is 40.1 Å². The Kier molecular flexibility index (Phi) is 5.36. The number of thioether (sulfide) groups is 1. The lowest BCUT2D eigenvalue weighted by Gasteiger charge is -2.41. The summed E-state index contributed by atoms with van der Waals surface area (Å²) in [6, 6.07) is 7.65. The molecule has 2 aliphatic rings. The lowest BCUT2D eigenvalue weighted by atomic mass is 9.74. The van der Waals surface area contributed by atoms with Crippen molar-refractivity contribution in [3.05, 3.63) is 69.6 Å². The predicted octanol–water partition coefficient (Wildman–Crippen LogP) is 5.09. The highest BCUT2D eigenvalue weighted by atomic mass is 35.5. The number of carbonyl (C=O) groups excluding carboxylic acids is 1. The number of aromatic nitrogens is 1. The molecule has 5 nitrogen and oxygen atoms in total. The van der Waals surface area contributed by atoms with Gasteiger partial charge in [-0.2, -0.15) is 0 Å². The van der Waals surface area contributed by atoms with E-state index in [-0.39, 0.29) is 17.4 Å². The Morgan fingerprint density at radius 2 is 2.21 bits per heavy atom. The van der Waals surface area contributed by atoms with E-state index in [2.05, 4.69) is 21.4 Å². The molecule has 150 valence electrons. The van der Waals surface area contributed by atoms with Crippen LogP contribution in [0, 0.1) is 11.7 Å². The average molecular weight is 431 g/mol. The van der Waals surface area contributed by atoms with E-state index in [9.17, 15) is 9.18 Å². The van der Waals surface area contributed by atoms with Crippen LogP contribution in [0.15, 0.2) is 52.5 Å². The highest BCUT2D eigenvalue weighted by Crippen LogP contribution is 2.50. The first-order valence-corrected chi connectivity index (χ1v) is 10.5. The first-order valence-electron chi connectivity index (χ1n) is 9.33. The molecule has 29 heavy (non-hydrogen) atoms. The number of hydrogen-bond donors (Lipinski definition) is 2. The normalized spacial score (nSPS) is 23.6. The number of carbonyl (C=O) groups is 1. The first kappa shape index (κ1) is 19.9. The maximum absolute atomic E-state index is 14.9. The third-order valence-electron chi connectivity index (χ3n) is 5.36. The number of nitrogens with two attached hydrogens (primary N) is 1. The van der Waals surface area contributed by atoms with Crippen molar-refractivity contribution in [2.45, 2.75) is 31.7 Å². The molecule has 0 radical (unpaired) electrons. The highest BCUT2D eigenvalue weighted by Gasteiger charge is 2.44. The molecule has 1 aromatic carbocycles. The fourth-order valence-corrected chi connectivity index (χ4v) is 5.20. The average Bonchev–Trinajstić information content (AvgIpc) is 2.69. The number of rotatable bonds is 3. The van der Waals surface area contributed by atoms with Gasteiger partial charge in [0.2, 0.25) is 0 Å². The Morgan fingerprint density at radius 1 is 1.38 bits per heavy atom. The van der Waals surface area contributed by atoms with E-state index >= 15 is 0 Å². The summed E-state index contributed by atoms with van der Waals surface area (Å²) in [5.74, 6) is -0.708. The Balaban J connectivity index is 1.68. The van der Waals surface area contributed by atoms with Crippen LogP contribution in [0.25, 0.3) is 0 Å². The van der Waals surface area contributed by atoms with Gasteiger partial charge in [-0.3, -0.25) is 9.79 Å². The molecular weight excluding hydrogens is 411 g/mol. The quantitative estimate of drug-likeness (QED) is 0.710. The van der Waals surface area contributed by atoms with Crippen LogP contribution in [0.2, 0.25) is 5.02 Å². The molecule has 0 spiro atoms. The Labute approximate surface area is 177 Å². The zero-order chi connectivity index (χ0) is 20.6. The molecule has 0 fully saturated rings. The molecule has 2 heterocycles. The second-order valence-electron chi connectivity index (χ2n) is 7.30. The number of anilines is 1. The number of amidine groups is 1. The molecule has 4 rings (SSSR count). The van der Waals surface area contributed by atoms with Crippen molar-refractivity contribution in [3.8, 4) is 0 Å². The van der Waals surface area contributed by atoms with Gasteiger partial charge in [0.15, 0.2) is 5.17 Å². The van der Waals surface area contributed by atoms with Crippen molar-refractivity contribution in [2.24, 2.45) is 16.6 Å². The molecule has 3 N–H and O–H groups in total. The van der Waals surface area contributed by atoms with E-state index in [0.717, 1.165) is 24.2 Å². The Bertz CT molecular complexity index is 1020. The Hall–Kier alpha value is -2.38. The van der Waals surface area contributed by atoms with Crippen LogP contribution in [-0.2, 0) is 5.54 Å². The SMILES string of the molecule is C[C@]1(c2cc(NC(=O)c3ccc(Cl)cn3)ccc2F)N=C(N)SC2=CCCCC21. The number of amides is 1. The molecule has 2 atom stereocenters. The van der Waals surface area contributed by atoms with Crippen LogP contribution in [0.4, 0.5) is 10.1 Å². The van der Waals surface area contributed by atoms with Gasteiger partial charge in [0.1, 0.15) is 11.5 Å². The van der Waals surface area contributed by atoms with E-state index in [4.69, 9.17) is 17.3 Å². The van der Waals surface area contributed by atoms with Crippen molar-refractivity contribution in [1.82, 2.24) is 4.98 Å². The second kappa shape index (κ2) is 7.80. The van der Waals surface area contributed by atoms with Gasteiger partial charge in [0.25, 0.3) is 5.91 Å². The summed E-state index contributed by atoms with van der Waals surface area (Å²) < 4.78 is 14.9.